The largest absolute Gasteiger partial charge is 0.485 e. The lowest BCUT2D eigenvalue weighted by atomic mass is 10.4. The van der Waals surface area contributed by atoms with Crippen LogP contribution in [0, 0.1) is 0 Å². The summed E-state index contributed by atoms with van der Waals surface area (Å²) >= 11 is 4.82. The molecule has 0 unspecified atom stereocenters. The van der Waals surface area contributed by atoms with E-state index in [1.54, 1.807) is 18.0 Å². The van der Waals surface area contributed by atoms with Crippen LogP contribution in [0.2, 0.25) is 0 Å². The lowest BCUT2D eigenvalue weighted by molar-refractivity contribution is 0.423. The molecule has 0 spiro atoms. The van der Waals surface area contributed by atoms with Crippen LogP contribution in [0.3, 0.4) is 0 Å². The molecule has 0 amide bonds. The third-order valence-corrected chi connectivity index (χ3v) is 3.56. The predicted molar refractivity (Wildman–Crippen MR) is 58.6 cm³/mol. The number of methoxy groups -OCH3 is 1. The Labute approximate surface area is 93.7 Å². The molecule has 2 heterocycles. The summed E-state index contributed by atoms with van der Waals surface area (Å²) < 4.78 is 7.62. The number of halogens is 1. The first-order chi connectivity index (χ1) is 6.70. The Morgan fingerprint density at radius 3 is 2.86 bits per heavy atom. The van der Waals surface area contributed by atoms with Crippen molar-refractivity contribution in [1.82, 2.24) is 14.8 Å². The summed E-state index contributed by atoms with van der Waals surface area (Å²) in [5, 5.41) is 5.77. The van der Waals surface area contributed by atoms with Gasteiger partial charge in [0, 0.05) is 18.8 Å². The van der Waals surface area contributed by atoms with Crippen molar-refractivity contribution < 1.29 is 4.74 Å². The average molecular weight is 274 g/mol. The number of ether oxygens (including phenoxy) is 1. The van der Waals surface area contributed by atoms with E-state index in [-0.39, 0.29) is 0 Å². The van der Waals surface area contributed by atoms with Gasteiger partial charge in [-0.05, 0) is 15.9 Å². The van der Waals surface area contributed by atoms with Gasteiger partial charge in [0.2, 0.25) is 5.06 Å². The van der Waals surface area contributed by atoms with Gasteiger partial charge in [-0.3, -0.25) is 4.68 Å². The van der Waals surface area contributed by atoms with Gasteiger partial charge in [0.25, 0.3) is 0 Å². The fraction of sp³-hybridized carbons (Fsp3) is 0.250. The van der Waals surface area contributed by atoms with E-state index in [1.807, 2.05) is 13.2 Å². The van der Waals surface area contributed by atoms with E-state index < -0.39 is 0 Å². The Morgan fingerprint density at radius 2 is 2.36 bits per heavy atom. The van der Waals surface area contributed by atoms with Gasteiger partial charge in [0.1, 0.15) is 5.01 Å². The maximum Gasteiger partial charge on any atom is 0.209 e. The molecule has 0 aliphatic carbocycles. The lowest BCUT2D eigenvalue weighted by Gasteiger charge is -1.89. The molecular weight excluding hydrogens is 266 g/mol. The molecule has 0 saturated heterocycles. The van der Waals surface area contributed by atoms with Crippen LogP contribution in [-0.4, -0.2) is 21.9 Å². The molecule has 2 rings (SSSR count). The third-order valence-electron chi connectivity index (χ3n) is 1.69. The topological polar surface area (TPSA) is 39.9 Å². The third kappa shape index (κ3) is 1.67. The zero-order valence-corrected chi connectivity index (χ0v) is 10.1. The second-order valence-corrected chi connectivity index (χ2v) is 4.42. The standard InChI is InChI=1S/C8H8BrN3OS/c1-12-4-5(3-10-12)7-11-6(9)8(13-2)14-7/h3-4H,1-2H3. The Bertz CT molecular complexity index is 451. The smallest absolute Gasteiger partial charge is 0.209 e. The van der Waals surface area contributed by atoms with Crippen LogP contribution in [0.15, 0.2) is 17.0 Å². The quantitative estimate of drug-likeness (QED) is 0.843. The van der Waals surface area contributed by atoms with Crippen molar-refractivity contribution in [3.8, 4) is 15.6 Å². The summed E-state index contributed by atoms with van der Waals surface area (Å²) in [4.78, 5) is 4.32. The summed E-state index contributed by atoms with van der Waals surface area (Å²) in [5.41, 5.74) is 1.00. The highest BCUT2D eigenvalue weighted by Gasteiger charge is 2.11. The number of hydrogen-bond donors (Lipinski definition) is 0. The number of aryl methyl sites for hydroxylation is 1. The minimum Gasteiger partial charge on any atom is -0.485 e. The Balaban J connectivity index is 2.42. The highest BCUT2D eigenvalue weighted by Crippen LogP contribution is 2.36. The van der Waals surface area contributed by atoms with Gasteiger partial charge in [0.05, 0.1) is 13.3 Å². The number of nitrogens with zero attached hydrogens (tertiary/aromatic N) is 3. The Kier molecular flexibility index (Phi) is 2.56. The van der Waals surface area contributed by atoms with Gasteiger partial charge < -0.3 is 4.74 Å². The Morgan fingerprint density at radius 1 is 1.57 bits per heavy atom. The molecule has 0 fully saturated rings. The summed E-state index contributed by atoms with van der Waals surface area (Å²) in [6.07, 6.45) is 3.70. The fourth-order valence-corrected chi connectivity index (χ4v) is 2.52. The Hall–Kier alpha value is -0.880. The average Bonchev–Trinajstić information content (AvgIpc) is 2.71. The van der Waals surface area contributed by atoms with Gasteiger partial charge in [-0.15, -0.1) is 0 Å². The van der Waals surface area contributed by atoms with Crippen molar-refractivity contribution in [3.63, 3.8) is 0 Å². The number of thiazole rings is 1. The van der Waals surface area contributed by atoms with Crippen molar-refractivity contribution in [2.45, 2.75) is 0 Å². The van der Waals surface area contributed by atoms with Crippen molar-refractivity contribution >= 4 is 27.3 Å². The maximum atomic E-state index is 5.14. The van der Waals surface area contributed by atoms with E-state index in [1.165, 1.54) is 11.3 Å². The molecule has 2 aromatic rings. The molecule has 0 aliphatic rings. The van der Waals surface area contributed by atoms with E-state index in [2.05, 4.69) is 26.0 Å². The van der Waals surface area contributed by atoms with Crippen LogP contribution in [0.1, 0.15) is 0 Å². The van der Waals surface area contributed by atoms with Gasteiger partial charge >= 0.3 is 0 Å². The van der Waals surface area contributed by atoms with Gasteiger partial charge in [-0.25, -0.2) is 4.98 Å². The number of aromatic nitrogens is 3. The monoisotopic (exact) mass is 273 g/mol. The van der Waals surface area contributed by atoms with Crippen molar-refractivity contribution in [3.05, 3.63) is 17.0 Å². The summed E-state index contributed by atoms with van der Waals surface area (Å²) in [6.45, 7) is 0. The molecule has 14 heavy (non-hydrogen) atoms. The van der Waals surface area contributed by atoms with E-state index >= 15 is 0 Å². The summed E-state index contributed by atoms with van der Waals surface area (Å²) in [5.74, 6) is 0. The molecule has 0 aliphatic heterocycles. The van der Waals surface area contributed by atoms with Crippen molar-refractivity contribution in [1.29, 1.82) is 0 Å². The second-order valence-electron chi connectivity index (χ2n) is 2.70. The van der Waals surface area contributed by atoms with E-state index in [0.717, 1.165) is 20.2 Å². The summed E-state index contributed by atoms with van der Waals surface area (Å²) in [6, 6.07) is 0. The van der Waals surface area contributed by atoms with Crippen LogP contribution in [-0.2, 0) is 7.05 Å². The summed E-state index contributed by atoms with van der Waals surface area (Å²) in [7, 11) is 3.51. The van der Waals surface area contributed by atoms with Crippen LogP contribution >= 0.6 is 27.3 Å². The first kappa shape index (κ1) is 9.67. The van der Waals surface area contributed by atoms with E-state index in [0.29, 0.717) is 0 Å². The van der Waals surface area contributed by atoms with E-state index in [4.69, 9.17) is 4.74 Å². The molecule has 0 saturated carbocycles. The predicted octanol–water partition coefficient (Wildman–Crippen LogP) is 2.31. The molecule has 0 N–H and O–H groups in total. The second kappa shape index (κ2) is 3.70. The van der Waals surface area contributed by atoms with Crippen LogP contribution in [0.25, 0.3) is 10.6 Å². The number of hydrogen-bond acceptors (Lipinski definition) is 4. The minimum absolute atomic E-state index is 0.740. The van der Waals surface area contributed by atoms with Crippen molar-refractivity contribution in [2.75, 3.05) is 7.11 Å². The van der Waals surface area contributed by atoms with Crippen molar-refractivity contribution in [2.24, 2.45) is 7.05 Å². The normalized spacial score (nSPS) is 10.5. The lowest BCUT2D eigenvalue weighted by Crippen LogP contribution is -1.83. The molecule has 4 nitrogen and oxygen atoms in total. The molecule has 2 aromatic heterocycles. The van der Waals surface area contributed by atoms with Gasteiger partial charge in [0.15, 0.2) is 4.60 Å². The minimum atomic E-state index is 0.740. The molecule has 0 bridgehead atoms. The molecular formula is C8H8BrN3OS. The first-order valence-corrected chi connectivity index (χ1v) is 5.51. The van der Waals surface area contributed by atoms with Crippen LogP contribution in [0.4, 0.5) is 0 Å². The van der Waals surface area contributed by atoms with Gasteiger partial charge in [-0.2, -0.15) is 5.10 Å². The number of rotatable bonds is 2. The highest BCUT2D eigenvalue weighted by atomic mass is 79.9. The highest BCUT2D eigenvalue weighted by molar-refractivity contribution is 9.10. The maximum absolute atomic E-state index is 5.14. The zero-order valence-electron chi connectivity index (χ0n) is 7.69. The molecule has 0 atom stereocenters. The molecule has 74 valence electrons. The first-order valence-electron chi connectivity index (χ1n) is 3.90. The molecule has 6 heteroatoms. The zero-order chi connectivity index (χ0) is 10.1. The molecule has 0 radical (unpaired) electrons. The SMILES string of the molecule is COc1sc(-c2cnn(C)c2)nc1Br. The van der Waals surface area contributed by atoms with Crippen LogP contribution < -0.4 is 4.74 Å². The van der Waals surface area contributed by atoms with Gasteiger partial charge in [-0.1, -0.05) is 11.3 Å². The van der Waals surface area contributed by atoms with Crippen LogP contribution in [0.5, 0.6) is 5.06 Å². The fourth-order valence-electron chi connectivity index (χ4n) is 1.07. The molecule has 0 aromatic carbocycles. The van der Waals surface area contributed by atoms with E-state index in [9.17, 15) is 0 Å².